The van der Waals surface area contributed by atoms with Crippen LogP contribution in [0.5, 0.6) is 5.75 Å². The predicted molar refractivity (Wildman–Crippen MR) is 87.1 cm³/mol. The molecule has 1 aromatic carbocycles. The van der Waals surface area contributed by atoms with E-state index >= 15 is 0 Å². The lowest BCUT2D eigenvalue weighted by atomic mass is 10.1. The summed E-state index contributed by atoms with van der Waals surface area (Å²) in [5, 5.41) is 17.9. The number of aryl methyl sites for hydroxylation is 2. The first-order valence-corrected chi connectivity index (χ1v) is 7.88. The molecule has 7 heteroatoms. The molecule has 0 aliphatic rings. The minimum Gasteiger partial charge on any atom is -0.435 e. The van der Waals surface area contributed by atoms with Gasteiger partial charge in [0.05, 0.1) is 11.8 Å². The molecule has 2 aromatic rings. The molecule has 5 nitrogen and oxygen atoms in total. The van der Waals surface area contributed by atoms with E-state index in [4.69, 9.17) is 0 Å². The molecule has 0 fully saturated rings. The fourth-order valence-corrected chi connectivity index (χ4v) is 2.62. The van der Waals surface area contributed by atoms with Gasteiger partial charge < -0.3 is 15.2 Å². The van der Waals surface area contributed by atoms with Crippen LogP contribution in [0.25, 0.3) is 0 Å². The van der Waals surface area contributed by atoms with Gasteiger partial charge >= 0.3 is 6.61 Å². The molecule has 132 valence electrons. The number of aromatic nitrogens is 2. The van der Waals surface area contributed by atoms with Crippen LogP contribution < -0.4 is 10.1 Å². The van der Waals surface area contributed by atoms with Gasteiger partial charge in [-0.25, -0.2) is 0 Å². The lowest BCUT2D eigenvalue weighted by Gasteiger charge is -2.13. The summed E-state index contributed by atoms with van der Waals surface area (Å²) in [5.41, 5.74) is 3.86. The minimum absolute atomic E-state index is 0.0761. The van der Waals surface area contributed by atoms with Gasteiger partial charge in [0, 0.05) is 30.9 Å². The molecule has 24 heavy (non-hydrogen) atoms. The molecule has 0 amide bonds. The van der Waals surface area contributed by atoms with E-state index in [2.05, 4.69) is 15.2 Å². The summed E-state index contributed by atoms with van der Waals surface area (Å²) in [5.74, 6) is 0.0761. The number of hydrogen-bond acceptors (Lipinski definition) is 4. The van der Waals surface area contributed by atoms with Gasteiger partial charge in [0.2, 0.25) is 0 Å². The number of aliphatic hydroxyl groups is 1. The number of rotatable bonds is 8. The number of nitrogens with zero attached hydrogens (tertiary/aromatic N) is 2. The Balaban J connectivity index is 1.89. The van der Waals surface area contributed by atoms with Crippen molar-refractivity contribution in [2.75, 3.05) is 6.54 Å². The lowest BCUT2D eigenvalue weighted by Crippen LogP contribution is -2.21. The predicted octanol–water partition coefficient (Wildman–Crippen LogP) is 2.94. The molecule has 1 heterocycles. The topological polar surface area (TPSA) is 59.3 Å². The summed E-state index contributed by atoms with van der Waals surface area (Å²) in [6.45, 7) is 4.97. The third kappa shape index (κ3) is 4.52. The highest BCUT2D eigenvalue weighted by molar-refractivity contribution is 5.29. The summed E-state index contributed by atoms with van der Waals surface area (Å²) >= 11 is 0. The summed E-state index contributed by atoms with van der Waals surface area (Å²) in [4.78, 5) is 0. The van der Waals surface area contributed by atoms with Gasteiger partial charge in [-0.1, -0.05) is 12.1 Å². The Kier molecular flexibility index (Phi) is 6.28. The van der Waals surface area contributed by atoms with Gasteiger partial charge in [0.15, 0.2) is 0 Å². The molecule has 0 aliphatic carbocycles. The molecule has 1 unspecified atom stereocenters. The monoisotopic (exact) mass is 339 g/mol. The van der Waals surface area contributed by atoms with E-state index in [0.29, 0.717) is 18.7 Å². The lowest BCUT2D eigenvalue weighted by molar-refractivity contribution is -0.0498. The van der Waals surface area contributed by atoms with Crippen LogP contribution in [0.1, 0.15) is 35.5 Å². The molecule has 2 N–H and O–H groups in total. The largest absolute Gasteiger partial charge is 0.435 e. The van der Waals surface area contributed by atoms with Crippen molar-refractivity contribution in [1.82, 2.24) is 15.1 Å². The highest BCUT2D eigenvalue weighted by Gasteiger charge is 2.12. The second-order valence-corrected chi connectivity index (χ2v) is 5.56. The smallest absolute Gasteiger partial charge is 0.387 e. The molecule has 1 aromatic heterocycles. The number of nitrogens with one attached hydrogen (secondary N) is 1. The van der Waals surface area contributed by atoms with Crippen LogP contribution in [0.4, 0.5) is 8.78 Å². The Hall–Kier alpha value is -1.99. The molecule has 1 atom stereocenters. The van der Waals surface area contributed by atoms with Crippen LogP contribution in [-0.4, -0.2) is 28.0 Å². The molecular formula is C17H23F2N3O2. The van der Waals surface area contributed by atoms with Gasteiger partial charge in [0.25, 0.3) is 0 Å². The molecule has 0 saturated heterocycles. The van der Waals surface area contributed by atoms with Crippen molar-refractivity contribution >= 4 is 0 Å². The Morgan fingerprint density at radius 2 is 1.92 bits per heavy atom. The molecule has 0 aliphatic heterocycles. The fraction of sp³-hybridized carbons (Fsp3) is 0.471. The molecular weight excluding hydrogens is 316 g/mol. The average molecular weight is 339 g/mol. The van der Waals surface area contributed by atoms with Crippen LogP contribution in [-0.2, 0) is 13.1 Å². The van der Waals surface area contributed by atoms with E-state index in [1.165, 1.54) is 12.1 Å². The van der Waals surface area contributed by atoms with E-state index in [-0.39, 0.29) is 5.75 Å². The molecule has 2 rings (SSSR count). The SMILES string of the molecule is CCn1nc(C)c(CNCC(O)c2ccc(OC(F)F)cc2)c1C. The number of hydrogen-bond donors (Lipinski definition) is 2. The van der Waals surface area contributed by atoms with Crippen molar-refractivity contribution in [3.8, 4) is 5.75 Å². The average Bonchev–Trinajstić information content (AvgIpc) is 2.82. The molecule has 0 saturated carbocycles. The van der Waals surface area contributed by atoms with Crippen molar-refractivity contribution in [2.24, 2.45) is 0 Å². The van der Waals surface area contributed by atoms with E-state index in [1.807, 2.05) is 25.5 Å². The van der Waals surface area contributed by atoms with Crippen LogP contribution in [0.2, 0.25) is 0 Å². The van der Waals surface area contributed by atoms with Crippen molar-refractivity contribution in [2.45, 2.75) is 46.6 Å². The number of ether oxygens (including phenoxy) is 1. The summed E-state index contributed by atoms with van der Waals surface area (Å²) in [6.07, 6.45) is -0.729. The van der Waals surface area contributed by atoms with Crippen molar-refractivity contribution < 1.29 is 18.6 Å². The number of alkyl halides is 2. The first-order chi connectivity index (χ1) is 11.4. The highest BCUT2D eigenvalue weighted by Crippen LogP contribution is 2.19. The van der Waals surface area contributed by atoms with E-state index in [0.717, 1.165) is 23.5 Å². The van der Waals surface area contributed by atoms with Crippen molar-refractivity contribution in [1.29, 1.82) is 0 Å². The highest BCUT2D eigenvalue weighted by atomic mass is 19.3. The molecule has 0 bridgehead atoms. The van der Waals surface area contributed by atoms with Crippen molar-refractivity contribution in [3.05, 3.63) is 46.8 Å². The molecule has 0 radical (unpaired) electrons. The third-order valence-corrected chi connectivity index (χ3v) is 3.96. The van der Waals surface area contributed by atoms with E-state index in [1.54, 1.807) is 12.1 Å². The van der Waals surface area contributed by atoms with Gasteiger partial charge in [-0.2, -0.15) is 13.9 Å². The summed E-state index contributed by atoms with van der Waals surface area (Å²) < 4.78 is 30.5. The zero-order valence-electron chi connectivity index (χ0n) is 14.1. The van der Waals surface area contributed by atoms with Crippen LogP contribution in [0, 0.1) is 13.8 Å². The van der Waals surface area contributed by atoms with Gasteiger partial charge in [-0.05, 0) is 38.5 Å². The Morgan fingerprint density at radius 3 is 2.46 bits per heavy atom. The molecule has 0 spiro atoms. The normalized spacial score (nSPS) is 12.6. The maximum Gasteiger partial charge on any atom is 0.387 e. The Morgan fingerprint density at radius 1 is 1.25 bits per heavy atom. The number of halogens is 2. The zero-order valence-corrected chi connectivity index (χ0v) is 14.1. The number of aliphatic hydroxyl groups excluding tert-OH is 1. The zero-order chi connectivity index (χ0) is 17.7. The first-order valence-electron chi connectivity index (χ1n) is 7.88. The maximum atomic E-state index is 12.1. The number of benzene rings is 1. The van der Waals surface area contributed by atoms with Crippen molar-refractivity contribution in [3.63, 3.8) is 0 Å². The summed E-state index contributed by atoms with van der Waals surface area (Å²) in [6, 6.07) is 6.00. The second kappa shape index (κ2) is 8.21. The second-order valence-electron chi connectivity index (χ2n) is 5.56. The standard InChI is InChI=1S/C17H23F2N3O2/c1-4-22-12(3)15(11(2)21-22)9-20-10-16(23)13-5-7-14(8-6-13)24-17(18)19/h5-8,16-17,20,23H,4,9-10H2,1-3H3. The van der Waals surface area contributed by atoms with Crippen LogP contribution in [0.15, 0.2) is 24.3 Å². The van der Waals surface area contributed by atoms with E-state index < -0.39 is 12.7 Å². The Labute approximate surface area is 140 Å². The summed E-state index contributed by atoms with van der Waals surface area (Å²) in [7, 11) is 0. The minimum atomic E-state index is -2.85. The third-order valence-electron chi connectivity index (χ3n) is 3.96. The fourth-order valence-electron chi connectivity index (χ4n) is 2.62. The first kappa shape index (κ1) is 18.4. The van der Waals surface area contributed by atoms with Gasteiger partial charge in [-0.3, -0.25) is 4.68 Å². The van der Waals surface area contributed by atoms with Crippen LogP contribution >= 0.6 is 0 Å². The van der Waals surface area contributed by atoms with Crippen LogP contribution in [0.3, 0.4) is 0 Å². The van der Waals surface area contributed by atoms with E-state index in [9.17, 15) is 13.9 Å². The van der Waals surface area contributed by atoms with Gasteiger partial charge in [-0.15, -0.1) is 0 Å². The maximum absolute atomic E-state index is 12.1. The quantitative estimate of drug-likeness (QED) is 0.776. The van der Waals surface area contributed by atoms with Gasteiger partial charge in [0.1, 0.15) is 5.75 Å². The Bertz CT molecular complexity index is 657.